The number of hydrogen-bond donors (Lipinski definition) is 1. The molecule has 30 heavy (non-hydrogen) atoms. The normalized spacial score (nSPS) is 14.8. The number of nitrogens with one attached hydrogen (secondary N) is 1. The zero-order valence-electron chi connectivity index (χ0n) is 17.0. The lowest BCUT2D eigenvalue weighted by Crippen LogP contribution is -2.39. The van der Waals surface area contributed by atoms with Crippen LogP contribution in [0.2, 0.25) is 0 Å². The highest BCUT2D eigenvalue weighted by Gasteiger charge is 2.31. The SMILES string of the molecule is C#C.C=C1CC(N(CCc2ccccc2)SI)C1=C.ISNCCc1ccccc1. The molecule has 6 heteroatoms. The van der Waals surface area contributed by atoms with Gasteiger partial charge in [0.25, 0.3) is 0 Å². The van der Waals surface area contributed by atoms with Crippen molar-refractivity contribution in [2.75, 3.05) is 13.1 Å². The average Bonchev–Trinajstić information content (AvgIpc) is 2.82. The zero-order chi connectivity index (χ0) is 22.2. The minimum Gasteiger partial charge on any atom is -0.255 e. The van der Waals surface area contributed by atoms with E-state index in [1.807, 2.05) is 6.07 Å². The Labute approximate surface area is 215 Å². The summed E-state index contributed by atoms with van der Waals surface area (Å²) in [5, 5.41) is 0. The molecule has 0 amide bonds. The van der Waals surface area contributed by atoms with Gasteiger partial charge in [0.05, 0.1) is 0 Å². The van der Waals surface area contributed by atoms with E-state index in [2.05, 4.69) is 132 Å². The van der Waals surface area contributed by atoms with Crippen molar-refractivity contribution in [3.63, 3.8) is 0 Å². The molecule has 3 rings (SSSR count). The van der Waals surface area contributed by atoms with E-state index in [4.69, 9.17) is 0 Å². The molecule has 1 unspecified atom stereocenters. The Bertz CT molecular complexity index is 767. The Kier molecular flexibility index (Phi) is 15.8. The van der Waals surface area contributed by atoms with Gasteiger partial charge in [-0.05, 0) is 59.8 Å². The maximum absolute atomic E-state index is 4.09. The van der Waals surface area contributed by atoms with E-state index < -0.39 is 0 Å². The van der Waals surface area contributed by atoms with Crippen LogP contribution in [0, 0.1) is 12.8 Å². The molecule has 1 fully saturated rings. The predicted molar refractivity (Wildman–Crippen MR) is 155 cm³/mol. The summed E-state index contributed by atoms with van der Waals surface area (Å²) in [6.07, 6.45) is 11.3. The van der Waals surface area contributed by atoms with Crippen LogP contribution in [0.5, 0.6) is 0 Å². The lowest BCUT2D eigenvalue weighted by molar-refractivity contribution is 0.364. The number of terminal acetylenes is 1. The van der Waals surface area contributed by atoms with E-state index >= 15 is 0 Å². The summed E-state index contributed by atoms with van der Waals surface area (Å²) in [6, 6.07) is 21.6. The molecule has 1 atom stereocenters. The monoisotopic (exact) mass is 662 g/mol. The number of rotatable bonds is 9. The molecule has 0 spiro atoms. The van der Waals surface area contributed by atoms with Gasteiger partial charge < -0.3 is 0 Å². The minimum absolute atomic E-state index is 0.494. The van der Waals surface area contributed by atoms with E-state index in [0.717, 1.165) is 32.4 Å². The largest absolute Gasteiger partial charge is 0.255 e. The molecular formula is C24H28I2N2S2. The number of halogens is 2. The number of benzene rings is 2. The van der Waals surface area contributed by atoms with Crippen LogP contribution in [0.4, 0.5) is 0 Å². The topological polar surface area (TPSA) is 15.3 Å². The van der Waals surface area contributed by atoms with Gasteiger partial charge in [0, 0.05) is 61.5 Å². The maximum Gasteiger partial charge on any atom is 0.0496 e. The van der Waals surface area contributed by atoms with Crippen LogP contribution in [0.15, 0.2) is 85.0 Å². The molecule has 1 saturated carbocycles. The summed E-state index contributed by atoms with van der Waals surface area (Å²) in [6.45, 7) is 10.2. The Hall–Kier alpha value is -0.440. The first-order valence-electron chi connectivity index (χ1n) is 9.49. The standard InChI is InChI=1S/C14H16INS.C8H10INS.C2H2/c1-11-10-14(12(11)2)16(17-15)9-8-13-6-4-3-5-7-13;9-11-10-7-6-8-4-2-1-3-5-8;1-2/h3-7,14H,1-2,8-10H2;1-5,10H,6-7H2;1-2H. The Morgan fingerprint density at radius 1 is 0.933 bits per heavy atom. The summed E-state index contributed by atoms with van der Waals surface area (Å²) in [5.74, 6) is 0. The fraction of sp³-hybridized carbons (Fsp3) is 0.250. The fourth-order valence-electron chi connectivity index (χ4n) is 2.87. The van der Waals surface area contributed by atoms with Crippen LogP contribution >= 0.6 is 60.6 Å². The van der Waals surface area contributed by atoms with Gasteiger partial charge in [-0.15, -0.1) is 12.8 Å². The Morgan fingerprint density at radius 3 is 1.90 bits per heavy atom. The summed E-state index contributed by atoms with van der Waals surface area (Å²) in [4.78, 5) is 0. The molecule has 1 aliphatic carbocycles. The van der Waals surface area contributed by atoms with Crippen molar-refractivity contribution in [3.8, 4) is 12.8 Å². The van der Waals surface area contributed by atoms with E-state index in [9.17, 15) is 0 Å². The summed E-state index contributed by atoms with van der Waals surface area (Å²) >= 11 is 4.59. The third-order valence-electron chi connectivity index (χ3n) is 4.61. The van der Waals surface area contributed by atoms with Gasteiger partial charge in [0.2, 0.25) is 0 Å². The van der Waals surface area contributed by atoms with E-state index in [0.29, 0.717) is 6.04 Å². The molecule has 0 radical (unpaired) electrons. The molecular weight excluding hydrogens is 634 g/mol. The summed E-state index contributed by atoms with van der Waals surface area (Å²) in [5.41, 5.74) is 5.21. The van der Waals surface area contributed by atoms with Gasteiger partial charge in [0.15, 0.2) is 0 Å². The second-order valence-electron chi connectivity index (χ2n) is 6.50. The first-order valence-corrected chi connectivity index (χ1v) is 16.2. The molecule has 2 nitrogen and oxygen atoms in total. The summed E-state index contributed by atoms with van der Waals surface area (Å²) in [7, 11) is 3.42. The first kappa shape index (κ1) is 27.6. The van der Waals surface area contributed by atoms with Gasteiger partial charge in [-0.25, -0.2) is 4.31 Å². The van der Waals surface area contributed by atoms with E-state index in [1.54, 1.807) is 18.2 Å². The average molecular weight is 662 g/mol. The molecule has 0 saturated heterocycles. The molecule has 2 aromatic rings. The third-order valence-corrected chi connectivity index (χ3v) is 7.99. The minimum atomic E-state index is 0.494. The predicted octanol–water partition coefficient (Wildman–Crippen LogP) is 7.48. The molecule has 160 valence electrons. The first-order chi connectivity index (χ1) is 14.7. The van der Waals surface area contributed by atoms with Crippen molar-refractivity contribution >= 4 is 60.6 Å². The second kappa shape index (κ2) is 17.2. The molecule has 0 bridgehead atoms. The summed E-state index contributed by atoms with van der Waals surface area (Å²) < 4.78 is 5.61. The molecule has 0 aliphatic heterocycles. The molecule has 0 aromatic heterocycles. The lowest BCUT2D eigenvalue weighted by atomic mass is 9.82. The van der Waals surface area contributed by atoms with Crippen molar-refractivity contribution in [3.05, 3.63) is 96.1 Å². The van der Waals surface area contributed by atoms with Crippen molar-refractivity contribution in [2.24, 2.45) is 0 Å². The van der Waals surface area contributed by atoms with Gasteiger partial charge in [0.1, 0.15) is 0 Å². The zero-order valence-corrected chi connectivity index (χ0v) is 22.9. The Balaban J connectivity index is 0.000000300. The third kappa shape index (κ3) is 10.2. The van der Waals surface area contributed by atoms with Crippen molar-refractivity contribution in [1.29, 1.82) is 0 Å². The van der Waals surface area contributed by atoms with E-state index in [1.165, 1.54) is 22.3 Å². The Morgan fingerprint density at radius 2 is 1.47 bits per heavy atom. The second-order valence-corrected chi connectivity index (χ2v) is 10.1. The van der Waals surface area contributed by atoms with Crippen LogP contribution in [0.25, 0.3) is 0 Å². The van der Waals surface area contributed by atoms with Gasteiger partial charge in [-0.3, -0.25) is 4.72 Å². The molecule has 2 aromatic carbocycles. The quantitative estimate of drug-likeness (QED) is 0.130. The van der Waals surface area contributed by atoms with Crippen molar-refractivity contribution in [1.82, 2.24) is 9.03 Å². The number of hydrogen-bond acceptors (Lipinski definition) is 4. The van der Waals surface area contributed by atoms with Gasteiger partial charge in [-0.2, -0.15) is 0 Å². The van der Waals surface area contributed by atoms with Crippen LogP contribution in [-0.2, 0) is 12.8 Å². The van der Waals surface area contributed by atoms with Crippen LogP contribution in [0.3, 0.4) is 0 Å². The molecule has 1 aliphatic rings. The van der Waals surface area contributed by atoms with E-state index in [-0.39, 0.29) is 0 Å². The van der Waals surface area contributed by atoms with Crippen LogP contribution in [-0.4, -0.2) is 23.4 Å². The smallest absolute Gasteiger partial charge is 0.0496 e. The van der Waals surface area contributed by atoms with Crippen LogP contribution < -0.4 is 4.72 Å². The van der Waals surface area contributed by atoms with Gasteiger partial charge in [-0.1, -0.05) is 73.8 Å². The maximum atomic E-state index is 4.09. The highest BCUT2D eigenvalue weighted by molar-refractivity contribution is 14.2. The molecule has 1 N–H and O–H groups in total. The van der Waals surface area contributed by atoms with Gasteiger partial charge >= 0.3 is 0 Å². The number of nitrogens with zero attached hydrogens (tertiary/aromatic N) is 1. The van der Waals surface area contributed by atoms with Crippen LogP contribution in [0.1, 0.15) is 17.5 Å². The van der Waals surface area contributed by atoms with Crippen molar-refractivity contribution in [2.45, 2.75) is 25.3 Å². The fourth-order valence-corrected chi connectivity index (χ4v) is 5.58. The lowest BCUT2D eigenvalue weighted by Gasteiger charge is -2.39. The molecule has 0 heterocycles. The highest BCUT2D eigenvalue weighted by Crippen LogP contribution is 2.39. The highest BCUT2D eigenvalue weighted by atomic mass is 127. The van der Waals surface area contributed by atoms with Crippen molar-refractivity contribution < 1.29 is 0 Å².